The first-order valence-corrected chi connectivity index (χ1v) is 9.96. The zero-order valence-corrected chi connectivity index (χ0v) is 17.5. The number of aliphatic imine (C=N–C) groups is 1. The number of nitrogens with zero attached hydrogens (tertiary/aromatic N) is 2. The molecule has 0 atom stereocenters. The average Bonchev–Trinajstić information content (AvgIpc) is 2.76. The lowest BCUT2D eigenvalue weighted by Gasteiger charge is -2.08. The molecule has 7 nitrogen and oxygen atoms in total. The van der Waals surface area contributed by atoms with Crippen LogP contribution < -0.4 is 15.4 Å². The number of hydrogen-bond donors (Lipinski definition) is 4. The molecule has 2 rings (SSSR count). The molecule has 0 saturated heterocycles. The minimum absolute atomic E-state index is 0.0760. The lowest BCUT2D eigenvalue weighted by molar-refractivity contribution is -0.125. The van der Waals surface area contributed by atoms with Gasteiger partial charge in [0.05, 0.1) is 24.1 Å². The van der Waals surface area contributed by atoms with E-state index in [1.807, 2.05) is 48.5 Å². The Morgan fingerprint density at radius 3 is 2.21 bits per heavy atom. The van der Waals surface area contributed by atoms with Crippen LogP contribution in [-0.2, 0) is 9.59 Å². The number of thioether (sulfide) groups is 1. The highest BCUT2D eigenvalue weighted by Crippen LogP contribution is 2.26. The fourth-order valence-corrected chi connectivity index (χ4v) is 3.32. The predicted octanol–water partition coefficient (Wildman–Crippen LogP) is 2.88. The van der Waals surface area contributed by atoms with E-state index in [-0.39, 0.29) is 25.4 Å². The van der Waals surface area contributed by atoms with Gasteiger partial charge in [0.15, 0.2) is 0 Å². The molecule has 0 heterocycles. The molecule has 0 fully saturated rings. The van der Waals surface area contributed by atoms with Crippen molar-refractivity contribution in [2.45, 2.75) is 11.3 Å². The van der Waals surface area contributed by atoms with Crippen LogP contribution in [0.4, 0.5) is 5.69 Å². The molecule has 0 aliphatic rings. The molecule has 0 bridgehead atoms. The molecule has 2 aromatic carbocycles. The van der Waals surface area contributed by atoms with E-state index in [1.165, 1.54) is 11.8 Å². The second kappa shape index (κ2) is 11.8. The van der Waals surface area contributed by atoms with Crippen LogP contribution in [0.5, 0.6) is 0 Å². The molecule has 0 spiro atoms. The monoisotopic (exact) mass is 427 g/mol. The maximum absolute atomic E-state index is 12.0. The van der Waals surface area contributed by atoms with Crippen molar-refractivity contribution in [2.24, 2.45) is 4.99 Å². The highest BCUT2D eigenvalue weighted by atomic mass is 32.2. The number of rotatable bonds is 8. The fraction of sp³-hybridized carbons (Fsp3) is 0.200. The minimum Gasteiger partial charge on any atom is -0.347 e. The maximum atomic E-state index is 12.0. The van der Waals surface area contributed by atoms with Crippen molar-refractivity contribution in [1.82, 2.24) is 10.6 Å². The molecule has 2 aromatic rings. The third-order valence-corrected chi connectivity index (χ3v) is 5.14. The van der Waals surface area contributed by atoms with Gasteiger partial charge >= 0.3 is 0 Å². The van der Waals surface area contributed by atoms with E-state index < -0.39 is 5.91 Å². The number of nitrogens with one attached hydrogen (secondary N) is 3. The Morgan fingerprint density at radius 2 is 1.66 bits per heavy atom. The smallest absolute Gasteiger partial charge is 0.240 e. The Hall–Kier alpha value is -2.96. The van der Waals surface area contributed by atoms with Crippen LogP contribution in [0.1, 0.15) is 6.42 Å². The van der Waals surface area contributed by atoms with E-state index in [0.717, 1.165) is 21.7 Å². The van der Waals surface area contributed by atoms with E-state index in [0.29, 0.717) is 5.04 Å². The van der Waals surface area contributed by atoms with Gasteiger partial charge in [-0.05, 0) is 35.4 Å². The predicted molar refractivity (Wildman–Crippen MR) is 120 cm³/mol. The Kier molecular flexibility index (Phi) is 9.08. The lowest BCUT2D eigenvalue weighted by atomic mass is 10.1. The third-order valence-electron chi connectivity index (χ3n) is 3.81. The first kappa shape index (κ1) is 22.3. The largest absolute Gasteiger partial charge is 0.347 e. The molecular weight excluding hydrogens is 406 g/mol. The molecule has 0 unspecified atom stereocenters. The van der Waals surface area contributed by atoms with Crippen molar-refractivity contribution in [1.29, 1.82) is 5.26 Å². The van der Waals surface area contributed by atoms with Crippen LogP contribution in [0.25, 0.3) is 11.1 Å². The van der Waals surface area contributed by atoms with Crippen LogP contribution in [-0.4, -0.2) is 37.0 Å². The standard InChI is InChI=1S/C20H21N5O2S2/c1-22-20(12-18(26)24-13-19(27)23-11-10-21)29-17-8-4-15(5-9-17)14-2-6-16(25-28)7-3-14/h2-9,25,28H,11-13H2,1H3,(H,23,27)(H,24,26). The van der Waals surface area contributed by atoms with Gasteiger partial charge in [0.1, 0.15) is 6.54 Å². The summed E-state index contributed by atoms with van der Waals surface area (Å²) in [6, 6.07) is 17.7. The second-order valence-electron chi connectivity index (χ2n) is 5.82. The van der Waals surface area contributed by atoms with Crippen molar-refractivity contribution >= 4 is 47.1 Å². The molecule has 0 aliphatic carbocycles. The zero-order chi connectivity index (χ0) is 21.1. The molecule has 9 heteroatoms. The number of carbonyl (C=O) groups excluding carboxylic acids is 2. The summed E-state index contributed by atoms with van der Waals surface area (Å²) < 4.78 is 2.79. The van der Waals surface area contributed by atoms with E-state index >= 15 is 0 Å². The third kappa shape index (κ3) is 7.52. The summed E-state index contributed by atoms with van der Waals surface area (Å²) in [5, 5.41) is 13.9. The Bertz CT molecular complexity index is 906. The van der Waals surface area contributed by atoms with Crippen LogP contribution >= 0.6 is 24.6 Å². The van der Waals surface area contributed by atoms with Crippen LogP contribution in [0, 0.1) is 11.3 Å². The van der Waals surface area contributed by atoms with Crippen molar-refractivity contribution in [2.75, 3.05) is 24.9 Å². The molecule has 0 radical (unpaired) electrons. The molecule has 2 amide bonds. The van der Waals surface area contributed by atoms with Crippen molar-refractivity contribution < 1.29 is 9.59 Å². The topological polar surface area (TPSA) is 106 Å². The molecule has 150 valence electrons. The summed E-state index contributed by atoms with van der Waals surface area (Å²) >= 11 is 5.42. The quantitative estimate of drug-likeness (QED) is 0.170. The summed E-state index contributed by atoms with van der Waals surface area (Å²) in [7, 11) is 1.63. The second-order valence-corrected chi connectivity index (χ2v) is 7.19. The average molecular weight is 428 g/mol. The number of carbonyl (C=O) groups is 2. The van der Waals surface area contributed by atoms with E-state index in [9.17, 15) is 9.59 Å². The van der Waals surface area contributed by atoms with Gasteiger partial charge in [-0.2, -0.15) is 5.26 Å². The number of benzene rings is 2. The first-order chi connectivity index (χ1) is 14.0. The fourth-order valence-electron chi connectivity index (χ4n) is 2.33. The van der Waals surface area contributed by atoms with Gasteiger partial charge in [-0.25, -0.2) is 0 Å². The molecule has 29 heavy (non-hydrogen) atoms. The molecule has 0 aliphatic heterocycles. The highest BCUT2D eigenvalue weighted by Gasteiger charge is 2.11. The summed E-state index contributed by atoms with van der Waals surface area (Å²) in [4.78, 5) is 28.6. The summed E-state index contributed by atoms with van der Waals surface area (Å²) in [6.07, 6.45) is 0.0760. The van der Waals surface area contributed by atoms with Gasteiger partial charge in [0.25, 0.3) is 0 Å². The Morgan fingerprint density at radius 1 is 1.03 bits per heavy atom. The zero-order valence-electron chi connectivity index (χ0n) is 15.8. The van der Waals surface area contributed by atoms with Crippen molar-refractivity contribution in [3.05, 3.63) is 48.5 Å². The van der Waals surface area contributed by atoms with Crippen molar-refractivity contribution in [3.63, 3.8) is 0 Å². The van der Waals surface area contributed by atoms with E-state index in [4.69, 9.17) is 5.26 Å². The normalized spacial score (nSPS) is 10.7. The van der Waals surface area contributed by atoms with Gasteiger partial charge < -0.3 is 15.4 Å². The van der Waals surface area contributed by atoms with Crippen LogP contribution in [0.3, 0.4) is 0 Å². The maximum Gasteiger partial charge on any atom is 0.240 e. The summed E-state index contributed by atoms with van der Waals surface area (Å²) in [5.41, 5.74) is 3.09. The SMILES string of the molecule is CN=C(CC(=O)NCC(=O)NCC#N)Sc1ccc(-c2ccc(NS)cc2)cc1. The molecular formula is C20H21N5O2S2. The lowest BCUT2D eigenvalue weighted by Crippen LogP contribution is -2.37. The van der Waals surface area contributed by atoms with Gasteiger partial charge in [0, 0.05) is 17.6 Å². The summed E-state index contributed by atoms with van der Waals surface area (Å²) in [6.45, 7) is -0.253. The first-order valence-electron chi connectivity index (χ1n) is 8.70. The van der Waals surface area contributed by atoms with Gasteiger partial charge in [0.2, 0.25) is 11.8 Å². The van der Waals surface area contributed by atoms with Gasteiger partial charge in [-0.3, -0.25) is 14.6 Å². The Balaban J connectivity index is 1.89. The highest BCUT2D eigenvalue weighted by molar-refractivity contribution is 8.14. The van der Waals surface area contributed by atoms with Gasteiger partial charge in [-0.15, -0.1) is 0 Å². The van der Waals surface area contributed by atoms with E-state index in [2.05, 4.69) is 33.2 Å². The number of anilines is 1. The van der Waals surface area contributed by atoms with Crippen LogP contribution in [0.15, 0.2) is 58.4 Å². The summed E-state index contributed by atoms with van der Waals surface area (Å²) in [5.74, 6) is -0.712. The molecule has 0 aromatic heterocycles. The molecule has 3 N–H and O–H groups in total. The number of thiol groups is 1. The number of hydrogen-bond acceptors (Lipinski definition) is 7. The number of nitriles is 1. The molecule has 0 saturated carbocycles. The van der Waals surface area contributed by atoms with E-state index in [1.54, 1.807) is 13.1 Å². The Labute approximate surface area is 179 Å². The van der Waals surface area contributed by atoms with Gasteiger partial charge in [-0.1, -0.05) is 48.8 Å². The van der Waals surface area contributed by atoms with Crippen molar-refractivity contribution in [3.8, 4) is 17.2 Å². The van der Waals surface area contributed by atoms with Crippen LogP contribution in [0.2, 0.25) is 0 Å². The number of amides is 2. The minimum atomic E-state index is -0.406.